The molecule has 0 spiro atoms. The van der Waals surface area contributed by atoms with Crippen molar-refractivity contribution in [3.8, 4) is 0 Å². The topological polar surface area (TPSA) is 0 Å². The van der Waals surface area contributed by atoms with E-state index in [4.69, 9.17) is 0 Å². The molecular weight excluding hydrogens is 290 g/mol. The first-order valence-electron chi connectivity index (χ1n) is 5.65. The molecule has 0 aliphatic rings. The largest absolute Gasteiger partial charge is 0.313 e. The van der Waals surface area contributed by atoms with Gasteiger partial charge in [-0.05, 0) is 22.4 Å². The van der Waals surface area contributed by atoms with Crippen LogP contribution in [0.4, 0.5) is 8.78 Å². The quantitative estimate of drug-likeness (QED) is 0.450. The fourth-order valence-corrected chi connectivity index (χ4v) is 13.1. The van der Waals surface area contributed by atoms with Crippen molar-refractivity contribution in [1.82, 2.24) is 0 Å². The minimum atomic E-state index is -1.97. The van der Waals surface area contributed by atoms with Crippen LogP contribution in [0.2, 0.25) is 16.6 Å². The van der Waals surface area contributed by atoms with E-state index in [0.29, 0.717) is 20.7 Å². The van der Waals surface area contributed by atoms with Crippen molar-refractivity contribution in [3.63, 3.8) is 0 Å². The number of hydrogen-bond acceptors (Lipinski definition) is 0. The molecule has 0 unspecified atom stereocenters. The van der Waals surface area contributed by atoms with E-state index < -0.39 is 14.2 Å². The molecular formula is C12H21BrF2Si. The van der Waals surface area contributed by atoms with Crippen molar-refractivity contribution >= 4 is 24.0 Å². The predicted octanol–water partition coefficient (Wildman–Crippen LogP) is 5.86. The summed E-state index contributed by atoms with van der Waals surface area (Å²) in [6.45, 7) is 12.8. The molecule has 16 heavy (non-hydrogen) atoms. The van der Waals surface area contributed by atoms with Crippen molar-refractivity contribution in [2.24, 2.45) is 0 Å². The average molecular weight is 311 g/mol. The molecule has 0 radical (unpaired) electrons. The van der Waals surface area contributed by atoms with E-state index in [1.807, 2.05) is 0 Å². The van der Waals surface area contributed by atoms with E-state index in [1.165, 1.54) is 0 Å². The summed E-state index contributed by atoms with van der Waals surface area (Å²) in [5, 5.41) is 0. The van der Waals surface area contributed by atoms with E-state index in [2.05, 4.69) is 63.2 Å². The molecule has 0 N–H and O–H groups in total. The Labute approximate surface area is 107 Å². The molecule has 0 aliphatic carbocycles. The highest BCUT2D eigenvalue weighted by molar-refractivity contribution is 9.12. The molecule has 0 aliphatic heterocycles. The summed E-state index contributed by atoms with van der Waals surface area (Å²) in [5.74, 6) is 0. The summed E-state index contributed by atoms with van der Waals surface area (Å²) in [4.78, 5) is 0. The van der Waals surface area contributed by atoms with Crippen molar-refractivity contribution in [2.75, 3.05) is 0 Å². The van der Waals surface area contributed by atoms with Gasteiger partial charge < -0.3 is 0 Å². The lowest BCUT2D eigenvalue weighted by Gasteiger charge is -2.42. The minimum Gasteiger partial charge on any atom is -0.164 e. The van der Waals surface area contributed by atoms with Gasteiger partial charge in [-0.3, -0.25) is 0 Å². The third-order valence-electron chi connectivity index (χ3n) is 3.45. The van der Waals surface area contributed by atoms with Crippen LogP contribution in [0.1, 0.15) is 41.5 Å². The summed E-state index contributed by atoms with van der Waals surface area (Å²) < 4.78 is 25.4. The zero-order valence-electron chi connectivity index (χ0n) is 10.9. The lowest BCUT2D eigenvalue weighted by molar-refractivity contribution is 0.424. The molecule has 0 heterocycles. The van der Waals surface area contributed by atoms with Crippen molar-refractivity contribution in [1.29, 1.82) is 0 Å². The van der Waals surface area contributed by atoms with E-state index in [1.54, 1.807) is 0 Å². The molecule has 0 saturated carbocycles. The van der Waals surface area contributed by atoms with E-state index >= 15 is 0 Å². The van der Waals surface area contributed by atoms with Gasteiger partial charge in [-0.2, -0.15) is 8.78 Å². The molecule has 0 rings (SSSR count). The van der Waals surface area contributed by atoms with Crippen molar-refractivity contribution in [2.45, 2.75) is 58.2 Å². The molecule has 0 saturated heterocycles. The number of hydrogen-bond donors (Lipinski definition) is 0. The Bertz CT molecular complexity index is 276. The van der Waals surface area contributed by atoms with E-state index in [9.17, 15) is 8.78 Å². The van der Waals surface area contributed by atoms with Crippen LogP contribution in [0.3, 0.4) is 0 Å². The summed E-state index contributed by atoms with van der Waals surface area (Å²) in [7, 11) is -1.97. The van der Waals surface area contributed by atoms with Crippen LogP contribution in [0, 0.1) is 0 Å². The normalized spacial score (nSPS) is 12.2. The maximum atomic E-state index is 12.4. The highest BCUT2D eigenvalue weighted by Crippen LogP contribution is 2.48. The second kappa shape index (κ2) is 6.13. The Morgan fingerprint density at radius 3 is 1.44 bits per heavy atom. The van der Waals surface area contributed by atoms with Gasteiger partial charge in [0.2, 0.25) is 0 Å². The van der Waals surface area contributed by atoms with Gasteiger partial charge in [0, 0.05) is 4.11 Å². The molecule has 0 aromatic carbocycles. The molecule has 0 fully saturated rings. The van der Waals surface area contributed by atoms with Crippen LogP contribution in [0.25, 0.3) is 0 Å². The summed E-state index contributed by atoms with van der Waals surface area (Å²) in [6, 6.07) is 0. The number of halogens is 3. The van der Waals surface area contributed by atoms with Gasteiger partial charge >= 0.3 is 6.08 Å². The van der Waals surface area contributed by atoms with Gasteiger partial charge in [0.15, 0.2) is 0 Å². The molecule has 94 valence electrons. The van der Waals surface area contributed by atoms with Crippen LogP contribution >= 0.6 is 15.9 Å². The molecule has 4 heteroatoms. The molecule has 0 amide bonds. The predicted molar refractivity (Wildman–Crippen MR) is 72.7 cm³/mol. The van der Waals surface area contributed by atoms with Gasteiger partial charge in [0.1, 0.15) is 8.07 Å². The molecule has 0 atom stereocenters. The zero-order valence-corrected chi connectivity index (χ0v) is 13.5. The summed E-state index contributed by atoms with van der Waals surface area (Å²) in [6.07, 6.45) is -1.73. The fourth-order valence-electron chi connectivity index (χ4n) is 2.95. The number of rotatable bonds is 4. The van der Waals surface area contributed by atoms with Crippen LogP contribution in [-0.4, -0.2) is 8.07 Å². The maximum Gasteiger partial charge on any atom is 0.313 e. The van der Waals surface area contributed by atoms with Crippen LogP contribution < -0.4 is 0 Å². The highest BCUT2D eigenvalue weighted by atomic mass is 79.9. The first-order valence-corrected chi connectivity index (χ1v) is 8.67. The van der Waals surface area contributed by atoms with Crippen LogP contribution in [-0.2, 0) is 0 Å². The molecule has 0 nitrogen and oxygen atoms in total. The SMILES string of the molecule is CC(C)[Si](C(Br)=C=C(F)F)(C(C)C)C(C)C. The van der Waals surface area contributed by atoms with E-state index in [-0.39, 0.29) is 0 Å². The smallest absolute Gasteiger partial charge is 0.164 e. The third kappa shape index (κ3) is 3.05. The maximum absolute atomic E-state index is 12.4. The molecule has 0 bridgehead atoms. The Morgan fingerprint density at radius 1 is 0.938 bits per heavy atom. The second-order valence-corrected chi connectivity index (χ2v) is 12.5. The van der Waals surface area contributed by atoms with Crippen molar-refractivity contribution in [3.05, 3.63) is 15.9 Å². The van der Waals surface area contributed by atoms with Crippen LogP contribution in [0.15, 0.2) is 15.9 Å². The van der Waals surface area contributed by atoms with E-state index in [0.717, 1.165) is 0 Å². The lowest BCUT2D eigenvalue weighted by Crippen LogP contribution is -2.45. The van der Waals surface area contributed by atoms with Gasteiger partial charge in [0.05, 0.1) is 0 Å². The Kier molecular flexibility index (Phi) is 6.16. The first kappa shape index (κ1) is 16.1. The Balaban J connectivity index is 5.84. The third-order valence-corrected chi connectivity index (χ3v) is 12.3. The van der Waals surface area contributed by atoms with Gasteiger partial charge in [-0.25, -0.2) is 0 Å². The van der Waals surface area contributed by atoms with Crippen molar-refractivity contribution < 1.29 is 8.78 Å². The monoisotopic (exact) mass is 310 g/mol. The van der Waals surface area contributed by atoms with Gasteiger partial charge in [0.25, 0.3) is 0 Å². The Morgan fingerprint density at radius 2 is 1.25 bits per heavy atom. The minimum absolute atomic E-state index is 0.411. The summed E-state index contributed by atoms with van der Waals surface area (Å²) in [5.41, 5.74) is 3.44. The molecule has 0 aromatic heterocycles. The Hall–Kier alpha value is 0.0769. The van der Waals surface area contributed by atoms with Gasteiger partial charge in [-0.1, -0.05) is 57.5 Å². The highest BCUT2D eigenvalue weighted by Gasteiger charge is 2.45. The summed E-state index contributed by atoms with van der Waals surface area (Å²) >= 11 is 3.37. The first-order chi connectivity index (χ1) is 7.17. The lowest BCUT2D eigenvalue weighted by atomic mass is 10.5. The fraction of sp³-hybridized carbons (Fsp3) is 0.750. The van der Waals surface area contributed by atoms with Gasteiger partial charge in [-0.15, -0.1) is 0 Å². The van der Waals surface area contributed by atoms with Crippen LogP contribution in [0.5, 0.6) is 0 Å². The second-order valence-electron chi connectivity index (χ2n) is 5.10. The zero-order chi connectivity index (χ0) is 13.1. The average Bonchev–Trinajstić information content (AvgIpc) is 1.99. The standard InChI is InChI=1S/C12H21BrF2Si/c1-8(2)16(9(3)4,10(5)6)11(13)7-12(14)15/h8-10H,1-6H3. The molecule has 0 aromatic rings.